The van der Waals surface area contributed by atoms with Crippen LogP contribution in [0.25, 0.3) is 0 Å². The summed E-state index contributed by atoms with van der Waals surface area (Å²) in [6.07, 6.45) is 0.807. The number of ether oxygens (including phenoxy) is 2. The van der Waals surface area contributed by atoms with E-state index >= 15 is 0 Å². The molecule has 0 saturated carbocycles. The molecule has 2 rings (SSSR count). The van der Waals surface area contributed by atoms with Crippen molar-refractivity contribution in [1.29, 1.82) is 0 Å². The number of hydrogen-bond donors (Lipinski definition) is 0. The summed E-state index contributed by atoms with van der Waals surface area (Å²) in [5.74, 6) is -0.486. The summed E-state index contributed by atoms with van der Waals surface area (Å²) < 4.78 is 10.4. The SMILES string of the molecule is CCC1(C)OCc2c1cc(C(=O)OC)nc2Cl. The zero-order chi connectivity index (χ0) is 12.6. The van der Waals surface area contributed by atoms with Gasteiger partial charge in [0.05, 0.1) is 19.3 Å². The summed E-state index contributed by atoms with van der Waals surface area (Å²) in [6, 6.07) is 1.71. The van der Waals surface area contributed by atoms with Gasteiger partial charge in [0.15, 0.2) is 5.69 Å². The van der Waals surface area contributed by atoms with Gasteiger partial charge in [0, 0.05) is 5.56 Å². The maximum Gasteiger partial charge on any atom is 0.356 e. The topological polar surface area (TPSA) is 48.4 Å². The highest BCUT2D eigenvalue weighted by molar-refractivity contribution is 6.30. The van der Waals surface area contributed by atoms with Crippen LogP contribution in [0.15, 0.2) is 6.07 Å². The molecule has 0 saturated heterocycles. The first-order valence-electron chi connectivity index (χ1n) is 5.44. The fourth-order valence-electron chi connectivity index (χ4n) is 1.96. The van der Waals surface area contributed by atoms with Gasteiger partial charge in [-0.05, 0) is 25.0 Å². The number of aromatic nitrogens is 1. The molecule has 1 aliphatic heterocycles. The summed E-state index contributed by atoms with van der Waals surface area (Å²) in [5.41, 5.74) is 1.62. The molecule has 0 fully saturated rings. The molecule has 5 heteroatoms. The van der Waals surface area contributed by atoms with Gasteiger partial charge in [-0.15, -0.1) is 0 Å². The van der Waals surface area contributed by atoms with E-state index in [1.807, 2.05) is 13.8 Å². The number of methoxy groups -OCH3 is 1. The molecule has 1 aliphatic rings. The Labute approximate surface area is 105 Å². The van der Waals surface area contributed by atoms with E-state index in [4.69, 9.17) is 16.3 Å². The highest BCUT2D eigenvalue weighted by Crippen LogP contribution is 2.41. The Morgan fingerprint density at radius 3 is 3.00 bits per heavy atom. The van der Waals surface area contributed by atoms with Gasteiger partial charge < -0.3 is 9.47 Å². The van der Waals surface area contributed by atoms with Crippen molar-refractivity contribution in [2.45, 2.75) is 32.5 Å². The van der Waals surface area contributed by atoms with Crippen molar-refractivity contribution in [3.8, 4) is 0 Å². The number of rotatable bonds is 2. The Bertz CT molecular complexity index is 475. The molecule has 2 heterocycles. The van der Waals surface area contributed by atoms with Gasteiger partial charge in [0.1, 0.15) is 5.15 Å². The molecule has 92 valence electrons. The van der Waals surface area contributed by atoms with Crippen LogP contribution in [0.3, 0.4) is 0 Å². The number of carbonyl (C=O) groups excluding carboxylic acids is 1. The maximum absolute atomic E-state index is 11.5. The van der Waals surface area contributed by atoms with Crippen molar-refractivity contribution < 1.29 is 14.3 Å². The molecule has 0 amide bonds. The number of pyridine rings is 1. The van der Waals surface area contributed by atoms with E-state index < -0.39 is 11.6 Å². The molecule has 0 aliphatic carbocycles. The van der Waals surface area contributed by atoms with Crippen LogP contribution in [-0.4, -0.2) is 18.1 Å². The van der Waals surface area contributed by atoms with Crippen LogP contribution in [0.4, 0.5) is 0 Å². The van der Waals surface area contributed by atoms with Crippen LogP contribution < -0.4 is 0 Å². The second-order valence-corrected chi connectivity index (χ2v) is 4.55. The molecular weight excluding hydrogens is 242 g/mol. The minimum atomic E-state index is -0.486. The van der Waals surface area contributed by atoms with Crippen LogP contribution in [0.1, 0.15) is 41.9 Å². The Kier molecular flexibility index (Phi) is 3.10. The van der Waals surface area contributed by atoms with Crippen LogP contribution in [0.2, 0.25) is 5.15 Å². The fraction of sp³-hybridized carbons (Fsp3) is 0.500. The zero-order valence-corrected chi connectivity index (χ0v) is 10.8. The summed E-state index contributed by atoms with van der Waals surface area (Å²) >= 11 is 6.06. The van der Waals surface area contributed by atoms with Gasteiger partial charge in [-0.1, -0.05) is 18.5 Å². The van der Waals surface area contributed by atoms with Crippen LogP contribution >= 0.6 is 11.6 Å². The van der Waals surface area contributed by atoms with E-state index in [2.05, 4.69) is 9.72 Å². The maximum atomic E-state index is 11.5. The Balaban J connectivity index is 2.56. The van der Waals surface area contributed by atoms with E-state index in [-0.39, 0.29) is 5.69 Å². The van der Waals surface area contributed by atoms with Crippen LogP contribution in [0, 0.1) is 0 Å². The Morgan fingerprint density at radius 1 is 1.71 bits per heavy atom. The van der Waals surface area contributed by atoms with Gasteiger partial charge in [-0.25, -0.2) is 9.78 Å². The van der Waals surface area contributed by atoms with Crippen molar-refractivity contribution >= 4 is 17.6 Å². The second-order valence-electron chi connectivity index (χ2n) is 4.19. The van der Waals surface area contributed by atoms with Crippen LogP contribution in [0.5, 0.6) is 0 Å². The minimum Gasteiger partial charge on any atom is -0.464 e. The third-order valence-corrected chi connectivity index (χ3v) is 3.56. The summed E-state index contributed by atoms with van der Waals surface area (Å²) in [5, 5.41) is 0.320. The largest absolute Gasteiger partial charge is 0.464 e. The average molecular weight is 256 g/mol. The molecule has 1 unspecified atom stereocenters. The van der Waals surface area contributed by atoms with Gasteiger partial charge >= 0.3 is 5.97 Å². The minimum absolute atomic E-state index is 0.224. The number of fused-ring (bicyclic) bond motifs is 1. The highest BCUT2D eigenvalue weighted by atomic mass is 35.5. The van der Waals surface area contributed by atoms with Gasteiger partial charge in [-0.3, -0.25) is 0 Å². The third-order valence-electron chi connectivity index (χ3n) is 3.25. The zero-order valence-electron chi connectivity index (χ0n) is 10.0. The molecule has 0 radical (unpaired) electrons. The van der Waals surface area contributed by atoms with Gasteiger partial charge in [0.25, 0.3) is 0 Å². The summed E-state index contributed by atoms with van der Waals surface area (Å²) in [6.45, 7) is 4.45. The summed E-state index contributed by atoms with van der Waals surface area (Å²) in [4.78, 5) is 15.5. The molecule has 1 aromatic rings. The van der Waals surface area contributed by atoms with Crippen molar-refractivity contribution in [1.82, 2.24) is 4.98 Å². The second kappa shape index (κ2) is 4.27. The van der Waals surface area contributed by atoms with Gasteiger partial charge in [-0.2, -0.15) is 0 Å². The lowest BCUT2D eigenvalue weighted by Gasteiger charge is -2.22. The van der Waals surface area contributed by atoms with Crippen LogP contribution in [-0.2, 0) is 21.7 Å². The standard InChI is InChI=1S/C12H14ClNO3/c1-4-12(2)8-5-9(11(15)16-3)14-10(13)7(8)6-17-12/h5H,4,6H2,1-3H3. The van der Waals surface area contributed by atoms with E-state index in [9.17, 15) is 4.79 Å². The predicted molar refractivity (Wildman–Crippen MR) is 63.0 cm³/mol. The molecule has 0 spiro atoms. The number of halogens is 1. The molecular formula is C12H14ClNO3. The predicted octanol–water partition coefficient (Wildman–Crippen LogP) is 2.68. The van der Waals surface area contributed by atoms with Crippen molar-refractivity contribution in [3.63, 3.8) is 0 Å². The Morgan fingerprint density at radius 2 is 2.41 bits per heavy atom. The normalized spacial score (nSPS) is 22.4. The lowest BCUT2D eigenvalue weighted by molar-refractivity contribution is -0.0259. The molecule has 1 atom stereocenters. The van der Waals surface area contributed by atoms with E-state index in [0.717, 1.165) is 17.5 Å². The molecule has 1 aromatic heterocycles. The first-order valence-corrected chi connectivity index (χ1v) is 5.82. The molecule has 17 heavy (non-hydrogen) atoms. The lowest BCUT2D eigenvalue weighted by Crippen LogP contribution is -2.20. The Hall–Kier alpha value is -1.13. The molecule has 0 N–H and O–H groups in total. The molecule has 4 nitrogen and oxygen atoms in total. The molecule has 0 bridgehead atoms. The number of carbonyl (C=O) groups is 1. The monoisotopic (exact) mass is 255 g/mol. The third kappa shape index (κ3) is 1.91. The number of hydrogen-bond acceptors (Lipinski definition) is 4. The first kappa shape index (κ1) is 12.3. The number of esters is 1. The van der Waals surface area contributed by atoms with Gasteiger partial charge in [0.2, 0.25) is 0 Å². The van der Waals surface area contributed by atoms with E-state index in [1.54, 1.807) is 6.07 Å². The smallest absolute Gasteiger partial charge is 0.356 e. The molecule has 0 aromatic carbocycles. The fourth-order valence-corrected chi connectivity index (χ4v) is 2.21. The van der Waals surface area contributed by atoms with Crippen molar-refractivity contribution in [2.24, 2.45) is 0 Å². The number of nitrogens with zero attached hydrogens (tertiary/aromatic N) is 1. The van der Waals surface area contributed by atoms with Crippen molar-refractivity contribution in [3.05, 3.63) is 28.0 Å². The lowest BCUT2D eigenvalue weighted by atomic mass is 9.92. The van der Waals surface area contributed by atoms with E-state index in [0.29, 0.717) is 11.8 Å². The first-order chi connectivity index (χ1) is 8.01. The average Bonchev–Trinajstić information content (AvgIpc) is 2.67. The highest BCUT2D eigenvalue weighted by Gasteiger charge is 2.36. The quantitative estimate of drug-likeness (QED) is 0.602. The van der Waals surface area contributed by atoms with Crippen molar-refractivity contribution in [2.75, 3.05) is 7.11 Å². The summed E-state index contributed by atoms with van der Waals surface area (Å²) in [7, 11) is 1.32. The van der Waals surface area contributed by atoms with E-state index in [1.165, 1.54) is 7.11 Å².